The number of carbonyl (C=O) groups excluding carboxylic acids is 2. The second-order valence-electron chi connectivity index (χ2n) is 7.36. The third-order valence-corrected chi connectivity index (χ3v) is 7.02. The maximum atomic E-state index is 11.9. The van der Waals surface area contributed by atoms with Crippen LogP contribution in [0.1, 0.15) is 79.1 Å². The van der Waals surface area contributed by atoms with E-state index in [9.17, 15) is 9.59 Å². The van der Waals surface area contributed by atoms with Crippen molar-refractivity contribution in [3.8, 4) is 0 Å². The molecule has 0 heterocycles. The smallest absolute Gasteiger partial charge is 0.316 e. The van der Waals surface area contributed by atoms with Crippen LogP contribution in [0.25, 0.3) is 0 Å². The van der Waals surface area contributed by atoms with E-state index in [1.165, 1.54) is 0 Å². The largest absolute Gasteiger partial charge is 0.458 e. The molecule has 0 saturated heterocycles. The molecule has 1 fully saturated rings. The number of hydrogen-bond acceptors (Lipinski definition) is 6. The summed E-state index contributed by atoms with van der Waals surface area (Å²) in [5, 5.41) is 0. The van der Waals surface area contributed by atoms with Gasteiger partial charge in [0.25, 0.3) is 0 Å². The molecule has 0 aromatic heterocycles. The highest BCUT2D eigenvalue weighted by atomic mass is 32.1. The van der Waals surface area contributed by atoms with E-state index in [-0.39, 0.29) is 23.4 Å². The molecule has 4 nitrogen and oxygen atoms in total. The second kappa shape index (κ2) is 10.8. The van der Waals surface area contributed by atoms with Gasteiger partial charge < -0.3 is 9.47 Å². The van der Waals surface area contributed by atoms with Crippen LogP contribution in [0.3, 0.4) is 0 Å². The van der Waals surface area contributed by atoms with Gasteiger partial charge in [0.2, 0.25) is 0 Å². The fourth-order valence-electron chi connectivity index (χ4n) is 4.77. The second-order valence-corrected chi connectivity index (χ2v) is 7.99. The summed E-state index contributed by atoms with van der Waals surface area (Å²) in [4.78, 5) is 23.8. The van der Waals surface area contributed by atoms with Gasteiger partial charge in [-0.3, -0.25) is 9.59 Å². The summed E-state index contributed by atoms with van der Waals surface area (Å²) in [6.07, 6.45) is 7.25. The molecular weight excluding hydrogens is 368 g/mol. The van der Waals surface area contributed by atoms with Gasteiger partial charge in [-0.1, -0.05) is 27.7 Å². The van der Waals surface area contributed by atoms with Crippen LogP contribution < -0.4 is 0 Å². The zero-order valence-electron chi connectivity index (χ0n) is 16.8. The summed E-state index contributed by atoms with van der Waals surface area (Å²) in [5.41, 5.74) is -0.790. The van der Waals surface area contributed by atoms with E-state index in [2.05, 4.69) is 53.0 Å². The Morgan fingerprint density at radius 3 is 1.19 bits per heavy atom. The zero-order valence-corrected chi connectivity index (χ0v) is 18.5. The first-order valence-electron chi connectivity index (χ1n) is 10.0. The molecular formula is C20H36O4S2. The van der Waals surface area contributed by atoms with Crippen LogP contribution in [-0.4, -0.2) is 34.6 Å². The van der Waals surface area contributed by atoms with Crippen LogP contribution in [-0.2, 0) is 19.1 Å². The minimum atomic E-state index is -0.395. The summed E-state index contributed by atoms with van der Waals surface area (Å²) >= 11 is 8.12. The van der Waals surface area contributed by atoms with E-state index in [4.69, 9.17) is 9.47 Å². The van der Waals surface area contributed by atoms with Gasteiger partial charge >= 0.3 is 11.9 Å². The van der Waals surface area contributed by atoms with E-state index in [1.807, 2.05) is 0 Å². The molecule has 0 unspecified atom stereocenters. The quantitative estimate of drug-likeness (QED) is 0.403. The lowest BCUT2D eigenvalue weighted by atomic mass is 9.66. The van der Waals surface area contributed by atoms with Crippen LogP contribution in [0, 0.1) is 11.8 Å². The number of hydrogen-bond donors (Lipinski definition) is 2. The van der Waals surface area contributed by atoms with Crippen LogP contribution in [0.15, 0.2) is 0 Å². The highest BCUT2D eigenvalue weighted by molar-refractivity contribution is 7.81. The molecule has 6 heteroatoms. The standard InChI is InChI=1S/C20H36O4S2/c1-5-19(6-2,23-17(21)13-25)15-9-11-16(12-10-15)20(7-3,8-4)24-18(22)14-26/h15-16,25-26H,5-14H2,1-4H3. The minimum absolute atomic E-state index is 0.117. The lowest BCUT2D eigenvalue weighted by Gasteiger charge is -2.47. The Labute approximate surface area is 170 Å². The average molecular weight is 405 g/mol. The highest BCUT2D eigenvalue weighted by Gasteiger charge is 2.46. The van der Waals surface area contributed by atoms with Gasteiger partial charge in [0.1, 0.15) is 11.2 Å². The molecule has 1 aliphatic rings. The lowest BCUT2D eigenvalue weighted by molar-refractivity contribution is -0.175. The maximum Gasteiger partial charge on any atom is 0.316 e. The Morgan fingerprint density at radius 1 is 0.731 bits per heavy atom. The molecule has 0 amide bonds. The normalized spacial score (nSPS) is 21.3. The zero-order chi connectivity index (χ0) is 19.8. The third kappa shape index (κ3) is 5.34. The molecule has 152 valence electrons. The number of ether oxygens (including phenoxy) is 2. The first-order valence-corrected chi connectivity index (χ1v) is 11.3. The molecule has 0 spiro atoms. The fourth-order valence-corrected chi connectivity index (χ4v) is 4.90. The Morgan fingerprint density at radius 2 is 1.00 bits per heavy atom. The number of carbonyl (C=O) groups is 2. The monoisotopic (exact) mass is 404 g/mol. The molecule has 0 aromatic rings. The summed E-state index contributed by atoms with van der Waals surface area (Å²) in [5.74, 6) is 0.461. The van der Waals surface area contributed by atoms with E-state index < -0.39 is 11.2 Å². The van der Waals surface area contributed by atoms with Crippen LogP contribution in [0.2, 0.25) is 0 Å². The van der Waals surface area contributed by atoms with Crippen molar-refractivity contribution in [3.63, 3.8) is 0 Å². The average Bonchev–Trinajstić information content (AvgIpc) is 2.70. The van der Waals surface area contributed by atoms with Gasteiger partial charge in [-0.05, 0) is 63.2 Å². The van der Waals surface area contributed by atoms with Crippen molar-refractivity contribution in [2.45, 2.75) is 90.3 Å². The van der Waals surface area contributed by atoms with Gasteiger partial charge in [0, 0.05) is 0 Å². The van der Waals surface area contributed by atoms with E-state index in [1.54, 1.807) is 0 Å². The minimum Gasteiger partial charge on any atom is -0.458 e. The molecule has 1 saturated carbocycles. The Bertz CT molecular complexity index is 409. The molecule has 0 aromatic carbocycles. The molecule has 0 radical (unpaired) electrons. The Hall–Kier alpha value is -0.360. The number of esters is 2. The van der Waals surface area contributed by atoms with Crippen LogP contribution in [0.5, 0.6) is 0 Å². The van der Waals surface area contributed by atoms with Crippen molar-refractivity contribution >= 4 is 37.2 Å². The summed E-state index contributed by atoms with van der Waals surface area (Å²) < 4.78 is 11.7. The van der Waals surface area contributed by atoms with E-state index >= 15 is 0 Å². The molecule has 0 bridgehead atoms. The van der Waals surface area contributed by atoms with E-state index in [0.717, 1.165) is 51.4 Å². The summed E-state index contributed by atoms with van der Waals surface area (Å²) in [7, 11) is 0. The maximum absolute atomic E-state index is 11.9. The summed E-state index contributed by atoms with van der Waals surface area (Å²) in [6, 6.07) is 0. The summed E-state index contributed by atoms with van der Waals surface area (Å²) in [6.45, 7) is 8.38. The number of thiol groups is 2. The van der Waals surface area contributed by atoms with Gasteiger partial charge in [-0.2, -0.15) is 25.3 Å². The van der Waals surface area contributed by atoms with Crippen molar-refractivity contribution in [2.75, 3.05) is 11.5 Å². The Balaban J connectivity index is 2.88. The van der Waals surface area contributed by atoms with Gasteiger partial charge in [-0.25, -0.2) is 0 Å². The van der Waals surface area contributed by atoms with Crippen molar-refractivity contribution in [1.29, 1.82) is 0 Å². The van der Waals surface area contributed by atoms with Gasteiger partial charge in [-0.15, -0.1) is 0 Å². The van der Waals surface area contributed by atoms with Crippen LogP contribution in [0.4, 0.5) is 0 Å². The lowest BCUT2D eigenvalue weighted by Crippen LogP contribution is -2.48. The third-order valence-electron chi connectivity index (χ3n) is 6.50. The fraction of sp³-hybridized carbons (Fsp3) is 0.900. The van der Waals surface area contributed by atoms with Crippen molar-refractivity contribution < 1.29 is 19.1 Å². The molecule has 0 aliphatic heterocycles. The number of rotatable bonds is 10. The van der Waals surface area contributed by atoms with Gasteiger partial charge in [0.05, 0.1) is 11.5 Å². The van der Waals surface area contributed by atoms with Crippen molar-refractivity contribution in [3.05, 3.63) is 0 Å². The SMILES string of the molecule is CCC(CC)(OC(=O)CS)C1CCC(C(CC)(CC)OC(=O)CS)CC1. The van der Waals surface area contributed by atoms with Crippen molar-refractivity contribution in [2.24, 2.45) is 11.8 Å². The van der Waals surface area contributed by atoms with Crippen LogP contribution >= 0.6 is 25.3 Å². The van der Waals surface area contributed by atoms with Crippen molar-refractivity contribution in [1.82, 2.24) is 0 Å². The molecule has 26 heavy (non-hydrogen) atoms. The first kappa shape index (κ1) is 23.7. The molecule has 0 N–H and O–H groups in total. The first-order chi connectivity index (χ1) is 12.4. The predicted octanol–water partition coefficient (Wildman–Crippen LogP) is 4.86. The highest BCUT2D eigenvalue weighted by Crippen LogP contribution is 2.46. The van der Waals surface area contributed by atoms with E-state index in [0.29, 0.717) is 11.8 Å². The molecule has 1 rings (SSSR count). The van der Waals surface area contributed by atoms with Gasteiger partial charge in [0.15, 0.2) is 0 Å². The molecule has 0 atom stereocenters. The predicted molar refractivity (Wildman–Crippen MR) is 112 cm³/mol. The Kier molecular flexibility index (Phi) is 9.87. The topological polar surface area (TPSA) is 52.6 Å². The molecule has 1 aliphatic carbocycles.